The molecule has 136 valence electrons. The number of hydrogen-bond acceptors (Lipinski definition) is 5. The number of nitrogens with one attached hydrogen (secondary N) is 1. The third-order valence-electron chi connectivity index (χ3n) is 3.75. The van der Waals surface area contributed by atoms with Crippen molar-refractivity contribution in [3.05, 3.63) is 45.7 Å². The number of unbranched alkanes of at least 4 members (excludes halogenated alkanes) is 1. The van der Waals surface area contributed by atoms with Crippen LogP contribution in [0.25, 0.3) is 0 Å². The summed E-state index contributed by atoms with van der Waals surface area (Å²) in [5.41, 5.74) is 6.40. The monoisotopic (exact) mass is 365 g/mol. The lowest BCUT2D eigenvalue weighted by atomic mass is 10.1. The van der Waals surface area contributed by atoms with Crippen LogP contribution in [0.15, 0.2) is 24.3 Å². The molecule has 0 saturated carbocycles. The highest BCUT2D eigenvalue weighted by molar-refractivity contribution is 7.13. The van der Waals surface area contributed by atoms with E-state index in [2.05, 4.69) is 17.2 Å². The Hall–Kier alpha value is -1.99. The fourth-order valence-electron chi connectivity index (χ4n) is 2.35. The van der Waals surface area contributed by atoms with Crippen LogP contribution < -0.4 is 15.8 Å². The van der Waals surface area contributed by atoms with E-state index < -0.39 is 0 Å². The van der Waals surface area contributed by atoms with Gasteiger partial charge in [-0.2, -0.15) is 0 Å². The number of aryl methyl sites for hydroxylation is 1. The molecule has 0 bridgehead atoms. The van der Waals surface area contributed by atoms with E-state index in [0.29, 0.717) is 27.9 Å². The number of hydrogen-bond donors (Lipinski definition) is 2. The Bertz CT molecular complexity index is 688. The van der Waals surface area contributed by atoms with Gasteiger partial charge in [-0.05, 0) is 37.6 Å². The van der Waals surface area contributed by atoms with Gasteiger partial charge in [-0.25, -0.2) is 9.37 Å². The molecule has 1 atom stereocenters. The van der Waals surface area contributed by atoms with E-state index in [-0.39, 0.29) is 24.4 Å². The first-order valence-electron chi connectivity index (χ1n) is 8.39. The predicted octanol–water partition coefficient (Wildman–Crippen LogP) is 3.42. The molecule has 0 spiro atoms. The standard InChI is InChI=1S/C18H24FN3O2S/c1-3-4-5-14(10-20)22-18(23)17-12(2)21-16(25-17)11-24-15-8-6-13(19)7-9-15/h6-9,14H,3-5,10-11,20H2,1-2H3,(H,22,23). The van der Waals surface area contributed by atoms with Crippen LogP contribution in [0, 0.1) is 12.7 Å². The van der Waals surface area contributed by atoms with Gasteiger partial charge >= 0.3 is 0 Å². The highest BCUT2D eigenvalue weighted by Crippen LogP contribution is 2.21. The fraction of sp³-hybridized carbons (Fsp3) is 0.444. The Morgan fingerprint density at radius 2 is 2.12 bits per heavy atom. The van der Waals surface area contributed by atoms with Crippen molar-refractivity contribution in [2.24, 2.45) is 5.73 Å². The third-order valence-corrected chi connectivity index (χ3v) is 4.88. The molecule has 1 unspecified atom stereocenters. The van der Waals surface area contributed by atoms with Crippen molar-refractivity contribution in [3.63, 3.8) is 0 Å². The van der Waals surface area contributed by atoms with Crippen molar-refractivity contribution >= 4 is 17.2 Å². The van der Waals surface area contributed by atoms with Gasteiger partial charge in [-0.3, -0.25) is 4.79 Å². The fourth-order valence-corrected chi connectivity index (χ4v) is 3.23. The van der Waals surface area contributed by atoms with E-state index in [1.54, 1.807) is 19.1 Å². The van der Waals surface area contributed by atoms with Gasteiger partial charge < -0.3 is 15.8 Å². The van der Waals surface area contributed by atoms with E-state index in [1.807, 2.05) is 0 Å². The molecule has 0 radical (unpaired) electrons. The number of carbonyl (C=O) groups is 1. The van der Waals surface area contributed by atoms with Gasteiger partial charge in [0.1, 0.15) is 28.1 Å². The molecule has 1 amide bonds. The lowest BCUT2D eigenvalue weighted by molar-refractivity contribution is 0.0939. The van der Waals surface area contributed by atoms with Crippen LogP contribution in [0.4, 0.5) is 4.39 Å². The molecule has 0 aliphatic carbocycles. The van der Waals surface area contributed by atoms with E-state index in [1.165, 1.54) is 23.5 Å². The topological polar surface area (TPSA) is 77.2 Å². The molecule has 25 heavy (non-hydrogen) atoms. The van der Waals surface area contributed by atoms with Crippen molar-refractivity contribution in [2.75, 3.05) is 6.54 Å². The van der Waals surface area contributed by atoms with Gasteiger partial charge in [0.25, 0.3) is 5.91 Å². The average Bonchev–Trinajstić information content (AvgIpc) is 2.99. The first kappa shape index (κ1) is 19.3. The lowest BCUT2D eigenvalue weighted by Crippen LogP contribution is -2.40. The second-order valence-electron chi connectivity index (χ2n) is 5.81. The van der Waals surface area contributed by atoms with Crippen LogP contribution in [-0.2, 0) is 6.61 Å². The van der Waals surface area contributed by atoms with Crippen molar-refractivity contribution in [2.45, 2.75) is 45.8 Å². The lowest BCUT2D eigenvalue weighted by Gasteiger charge is -2.15. The summed E-state index contributed by atoms with van der Waals surface area (Å²) in [6.45, 7) is 4.57. The largest absolute Gasteiger partial charge is 0.486 e. The van der Waals surface area contributed by atoms with Crippen molar-refractivity contribution in [1.82, 2.24) is 10.3 Å². The zero-order chi connectivity index (χ0) is 18.2. The summed E-state index contributed by atoms with van der Waals surface area (Å²) in [5.74, 6) is 0.103. The van der Waals surface area contributed by atoms with Crippen LogP contribution in [0.5, 0.6) is 5.75 Å². The number of halogens is 1. The first-order valence-corrected chi connectivity index (χ1v) is 9.20. The molecular weight excluding hydrogens is 341 g/mol. The molecule has 2 rings (SSSR count). The minimum absolute atomic E-state index is 0.0205. The average molecular weight is 365 g/mol. The predicted molar refractivity (Wildman–Crippen MR) is 97.4 cm³/mol. The van der Waals surface area contributed by atoms with Crippen LogP contribution >= 0.6 is 11.3 Å². The number of carbonyl (C=O) groups excluding carboxylic acids is 1. The summed E-state index contributed by atoms with van der Waals surface area (Å²) in [4.78, 5) is 17.4. The molecule has 1 aromatic carbocycles. The number of rotatable bonds is 9. The third kappa shape index (κ3) is 5.79. The molecule has 2 aromatic rings. The highest BCUT2D eigenvalue weighted by atomic mass is 32.1. The quantitative estimate of drug-likeness (QED) is 0.714. The molecule has 3 N–H and O–H groups in total. The molecule has 0 aliphatic rings. The maximum Gasteiger partial charge on any atom is 0.263 e. The molecule has 1 aromatic heterocycles. The zero-order valence-electron chi connectivity index (χ0n) is 14.5. The number of benzene rings is 1. The molecule has 7 heteroatoms. The maximum absolute atomic E-state index is 12.9. The summed E-state index contributed by atoms with van der Waals surface area (Å²) in [7, 11) is 0. The van der Waals surface area contributed by atoms with Crippen LogP contribution in [-0.4, -0.2) is 23.5 Å². The molecular formula is C18H24FN3O2S. The molecule has 0 saturated heterocycles. The van der Waals surface area contributed by atoms with Crippen molar-refractivity contribution in [3.8, 4) is 5.75 Å². The minimum atomic E-state index is -0.311. The summed E-state index contributed by atoms with van der Waals surface area (Å²) in [6, 6.07) is 5.77. The summed E-state index contributed by atoms with van der Waals surface area (Å²) in [5, 5.41) is 3.67. The Morgan fingerprint density at radius 3 is 2.76 bits per heavy atom. The van der Waals surface area contributed by atoms with Crippen LogP contribution in [0.3, 0.4) is 0 Å². The number of thiazole rings is 1. The zero-order valence-corrected chi connectivity index (χ0v) is 15.4. The molecule has 0 aliphatic heterocycles. The number of ether oxygens (including phenoxy) is 1. The maximum atomic E-state index is 12.9. The van der Waals surface area contributed by atoms with Crippen LogP contribution in [0.2, 0.25) is 0 Å². The molecule has 1 heterocycles. The van der Waals surface area contributed by atoms with E-state index in [0.717, 1.165) is 19.3 Å². The molecule has 5 nitrogen and oxygen atoms in total. The Labute approximate surface area is 151 Å². The number of nitrogens with two attached hydrogens (primary N) is 1. The number of nitrogens with zero attached hydrogens (tertiary/aromatic N) is 1. The second kappa shape index (κ2) is 9.48. The second-order valence-corrected chi connectivity index (χ2v) is 6.90. The van der Waals surface area contributed by atoms with E-state index in [4.69, 9.17) is 10.5 Å². The summed E-state index contributed by atoms with van der Waals surface area (Å²) in [6.07, 6.45) is 2.97. The van der Waals surface area contributed by atoms with Crippen molar-refractivity contribution in [1.29, 1.82) is 0 Å². The number of amides is 1. The molecule has 0 fully saturated rings. The Balaban J connectivity index is 1.96. The van der Waals surface area contributed by atoms with Gasteiger partial charge in [-0.15, -0.1) is 11.3 Å². The minimum Gasteiger partial charge on any atom is -0.486 e. The van der Waals surface area contributed by atoms with Gasteiger partial charge in [-0.1, -0.05) is 19.8 Å². The highest BCUT2D eigenvalue weighted by Gasteiger charge is 2.18. The SMILES string of the molecule is CCCCC(CN)NC(=O)c1sc(COc2ccc(F)cc2)nc1C. The number of aromatic nitrogens is 1. The normalized spacial score (nSPS) is 12.0. The van der Waals surface area contributed by atoms with Gasteiger partial charge in [0.05, 0.1) is 5.69 Å². The Morgan fingerprint density at radius 1 is 1.40 bits per heavy atom. The van der Waals surface area contributed by atoms with Crippen LogP contribution in [0.1, 0.15) is 46.6 Å². The van der Waals surface area contributed by atoms with Gasteiger partial charge in [0.15, 0.2) is 0 Å². The summed E-state index contributed by atoms with van der Waals surface area (Å²) >= 11 is 1.30. The van der Waals surface area contributed by atoms with E-state index >= 15 is 0 Å². The Kier molecular flexibility index (Phi) is 7.33. The summed E-state index contributed by atoms with van der Waals surface area (Å²) < 4.78 is 18.5. The van der Waals surface area contributed by atoms with Crippen molar-refractivity contribution < 1.29 is 13.9 Å². The first-order chi connectivity index (χ1) is 12.0. The smallest absolute Gasteiger partial charge is 0.263 e. The van der Waals surface area contributed by atoms with Gasteiger partial charge in [0, 0.05) is 12.6 Å². The van der Waals surface area contributed by atoms with Gasteiger partial charge in [0.2, 0.25) is 0 Å². The van der Waals surface area contributed by atoms with E-state index in [9.17, 15) is 9.18 Å².